The first kappa shape index (κ1) is 16.8. The molecule has 25 heavy (non-hydrogen) atoms. The number of hydrogen-bond acceptors (Lipinski definition) is 3. The molecule has 1 aliphatic carbocycles. The van der Waals surface area contributed by atoms with Gasteiger partial charge in [-0.3, -0.25) is 9.69 Å². The van der Waals surface area contributed by atoms with Crippen LogP contribution in [0.3, 0.4) is 0 Å². The van der Waals surface area contributed by atoms with Crippen molar-refractivity contribution >= 4 is 17.2 Å². The number of amides is 1. The first-order valence-electron chi connectivity index (χ1n) is 9.42. The molecule has 2 aromatic rings. The Morgan fingerprint density at radius 3 is 2.76 bits per heavy atom. The molecule has 1 amide bonds. The predicted molar refractivity (Wildman–Crippen MR) is 103 cm³/mol. The average Bonchev–Trinajstić information content (AvgIpc) is 3.35. The number of hydrogen-bond donors (Lipinski definition) is 1. The van der Waals surface area contributed by atoms with Crippen molar-refractivity contribution in [3.63, 3.8) is 0 Å². The minimum atomic E-state index is 0.241. The first-order valence-corrected chi connectivity index (χ1v) is 10.4. The summed E-state index contributed by atoms with van der Waals surface area (Å²) in [7, 11) is 0. The number of thiophene rings is 1. The van der Waals surface area contributed by atoms with Crippen LogP contribution in [0.2, 0.25) is 0 Å². The van der Waals surface area contributed by atoms with Gasteiger partial charge in [0.05, 0.1) is 6.04 Å². The van der Waals surface area contributed by atoms with Crippen molar-refractivity contribution in [1.29, 1.82) is 0 Å². The summed E-state index contributed by atoms with van der Waals surface area (Å²) in [6.07, 6.45) is 5.62. The number of fused-ring (bicyclic) bond motifs is 1. The SMILES string of the molecule is O=C(NCC(c1ccsc1)N1CCc2ccccc2C1)C1CCCC1. The van der Waals surface area contributed by atoms with Gasteiger partial charge in [-0.15, -0.1) is 0 Å². The molecule has 1 saturated carbocycles. The van der Waals surface area contributed by atoms with Crippen LogP contribution >= 0.6 is 11.3 Å². The van der Waals surface area contributed by atoms with E-state index < -0.39 is 0 Å². The lowest BCUT2D eigenvalue weighted by molar-refractivity contribution is -0.125. The van der Waals surface area contributed by atoms with Crippen LogP contribution in [0.5, 0.6) is 0 Å². The fraction of sp³-hybridized carbons (Fsp3) is 0.476. The van der Waals surface area contributed by atoms with Crippen LogP contribution in [-0.2, 0) is 17.8 Å². The number of carbonyl (C=O) groups is 1. The molecule has 1 unspecified atom stereocenters. The van der Waals surface area contributed by atoms with Gasteiger partial charge in [-0.2, -0.15) is 11.3 Å². The van der Waals surface area contributed by atoms with Gasteiger partial charge >= 0.3 is 0 Å². The highest BCUT2D eigenvalue weighted by atomic mass is 32.1. The minimum Gasteiger partial charge on any atom is -0.354 e. The van der Waals surface area contributed by atoms with Gasteiger partial charge in [-0.1, -0.05) is 37.1 Å². The zero-order valence-electron chi connectivity index (χ0n) is 14.6. The highest BCUT2D eigenvalue weighted by molar-refractivity contribution is 7.07. The van der Waals surface area contributed by atoms with Crippen LogP contribution in [0.1, 0.15) is 48.4 Å². The predicted octanol–water partition coefficient (Wildman–Crippen LogP) is 4.15. The Morgan fingerprint density at radius 2 is 2.00 bits per heavy atom. The van der Waals surface area contributed by atoms with E-state index in [9.17, 15) is 4.79 Å². The largest absolute Gasteiger partial charge is 0.354 e. The molecule has 2 aliphatic rings. The third-order valence-corrected chi connectivity index (χ3v) is 6.43. The van der Waals surface area contributed by atoms with Crippen LogP contribution in [0.4, 0.5) is 0 Å². The maximum atomic E-state index is 12.5. The molecule has 1 fully saturated rings. The summed E-state index contributed by atoms with van der Waals surface area (Å²) < 4.78 is 0. The number of benzene rings is 1. The van der Waals surface area contributed by atoms with Gasteiger partial charge in [0.15, 0.2) is 0 Å². The van der Waals surface area contributed by atoms with Crippen molar-refractivity contribution < 1.29 is 4.79 Å². The fourth-order valence-corrected chi connectivity index (χ4v) is 4.94. The molecule has 1 aliphatic heterocycles. The number of rotatable bonds is 5. The van der Waals surface area contributed by atoms with E-state index in [1.165, 1.54) is 29.5 Å². The molecule has 0 bridgehead atoms. The van der Waals surface area contributed by atoms with Crippen LogP contribution in [0.25, 0.3) is 0 Å². The van der Waals surface area contributed by atoms with E-state index in [1.54, 1.807) is 11.3 Å². The number of nitrogens with zero attached hydrogens (tertiary/aromatic N) is 1. The van der Waals surface area contributed by atoms with E-state index in [-0.39, 0.29) is 17.9 Å². The summed E-state index contributed by atoms with van der Waals surface area (Å²) in [5.74, 6) is 0.500. The van der Waals surface area contributed by atoms with Crippen molar-refractivity contribution in [2.75, 3.05) is 13.1 Å². The fourth-order valence-electron chi connectivity index (χ4n) is 4.24. The molecule has 1 N–H and O–H groups in total. The van der Waals surface area contributed by atoms with Crippen molar-refractivity contribution in [3.8, 4) is 0 Å². The molecule has 0 saturated heterocycles. The van der Waals surface area contributed by atoms with E-state index in [1.807, 2.05) is 0 Å². The van der Waals surface area contributed by atoms with Gasteiger partial charge in [0.2, 0.25) is 5.91 Å². The topological polar surface area (TPSA) is 32.3 Å². The van der Waals surface area contributed by atoms with E-state index in [2.05, 4.69) is 51.3 Å². The van der Waals surface area contributed by atoms with E-state index in [0.29, 0.717) is 6.54 Å². The second kappa shape index (κ2) is 7.71. The lowest BCUT2D eigenvalue weighted by Gasteiger charge is -2.35. The Labute approximate surface area is 154 Å². The van der Waals surface area contributed by atoms with Crippen molar-refractivity contribution in [1.82, 2.24) is 10.2 Å². The molecular formula is C21H26N2OS. The molecule has 0 spiro atoms. The maximum absolute atomic E-state index is 12.5. The monoisotopic (exact) mass is 354 g/mol. The molecule has 1 aromatic carbocycles. The van der Waals surface area contributed by atoms with Crippen molar-refractivity contribution in [2.45, 2.75) is 44.7 Å². The summed E-state index contributed by atoms with van der Waals surface area (Å²) >= 11 is 1.74. The van der Waals surface area contributed by atoms with Crippen LogP contribution in [0.15, 0.2) is 41.1 Å². The van der Waals surface area contributed by atoms with Gasteiger partial charge in [-0.05, 0) is 52.8 Å². The van der Waals surface area contributed by atoms with Crippen LogP contribution in [-0.4, -0.2) is 23.9 Å². The Balaban J connectivity index is 1.46. The van der Waals surface area contributed by atoms with Gasteiger partial charge < -0.3 is 5.32 Å². The molecule has 2 heterocycles. The van der Waals surface area contributed by atoms with E-state index in [0.717, 1.165) is 32.4 Å². The normalized spacial score (nSPS) is 19.5. The Kier molecular flexibility index (Phi) is 5.18. The van der Waals surface area contributed by atoms with Gasteiger partial charge in [-0.25, -0.2) is 0 Å². The summed E-state index contributed by atoms with van der Waals surface area (Å²) in [6, 6.07) is 11.2. The summed E-state index contributed by atoms with van der Waals surface area (Å²) in [5, 5.41) is 7.63. The number of nitrogens with one attached hydrogen (secondary N) is 1. The zero-order valence-corrected chi connectivity index (χ0v) is 15.4. The quantitative estimate of drug-likeness (QED) is 0.875. The van der Waals surface area contributed by atoms with Gasteiger partial charge in [0.1, 0.15) is 0 Å². The van der Waals surface area contributed by atoms with Crippen molar-refractivity contribution in [3.05, 3.63) is 57.8 Å². The average molecular weight is 355 g/mol. The third-order valence-electron chi connectivity index (χ3n) is 5.72. The lowest BCUT2D eigenvalue weighted by Crippen LogP contribution is -2.41. The first-order chi connectivity index (χ1) is 12.3. The molecule has 1 atom stereocenters. The smallest absolute Gasteiger partial charge is 0.223 e. The molecular weight excluding hydrogens is 328 g/mol. The zero-order chi connectivity index (χ0) is 17.1. The summed E-state index contributed by atoms with van der Waals surface area (Å²) in [4.78, 5) is 15.0. The Hall–Kier alpha value is -1.65. The van der Waals surface area contributed by atoms with E-state index >= 15 is 0 Å². The molecule has 4 rings (SSSR count). The maximum Gasteiger partial charge on any atom is 0.223 e. The van der Waals surface area contributed by atoms with Gasteiger partial charge in [0.25, 0.3) is 0 Å². The highest BCUT2D eigenvalue weighted by Gasteiger charge is 2.27. The van der Waals surface area contributed by atoms with Crippen LogP contribution < -0.4 is 5.32 Å². The molecule has 0 radical (unpaired) electrons. The third kappa shape index (κ3) is 3.80. The Morgan fingerprint density at radius 1 is 1.20 bits per heavy atom. The second-order valence-corrected chi connectivity index (χ2v) is 8.07. The molecule has 4 heteroatoms. The standard InChI is InChI=1S/C21H26N2OS/c24-21(17-6-2-3-7-17)22-13-20(19-10-12-25-15-19)23-11-9-16-5-1-4-8-18(16)14-23/h1,4-5,8,10,12,15,17,20H,2-3,6-7,9,11,13-14H2,(H,22,24). The number of carbonyl (C=O) groups excluding carboxylic acids is 1. The van der Waals surface area contributed by atoms with E-state index in [4.69, 9.17) is 0 Å². The minimum absolute atomic E-state index is 0.241. The van der Waals surface area contributed by atoms with Gasteiger partial charge in [0, 0.05) is 25.6 Å². The lowest BCUT2D eigenvalue weighted by atomic mass is 9.97. The second-order valence-electron chi connectivity index (χ2n) is 7.29. The molecule has 132 valence electrons. The summed E-state index contributed by atoms with van der Waals surface area (Å²) in [6.45, 7) is 2.74. The van der Waals surface area contributed by atoms with Crippen molar-refractivity contribution in [2.24, 2.45) is 5.92 Å². The molecule has 1 aromatic heterocycles. The highest BCUT2D eigenvalue weighted by Crippen LogP contribution is 2.29. The van der Waals surface area contributed by atoms with Crippen LogP contribution in [0, 0.1) is 5.92 Å². The Bertz CT molecular complexity index is 706. The summed E-state index contributed by atoms with van der Waals surface area (Å²) in [5.41, 5.74) is 4.23. The molecule has 3 nitrogen and oxygen atoms in total.